The van der Waals surface area contributed by atoms with Crippen molar-refractivity contribution in [3.63, 3.8) is 0 Å². The van der Waals surface area contributed by atoms with E-state index >= 15 is 0 Å². The van der Waals surface area contributed by atoms with Crippen LogP contribution in [0.3, 0.4) is 0 Å². The fraction of sp³-hybridized carbons (Fsp3) is 0.100. The molecule has 0 atom stereocenters. The van der Waals surface area contributed by atoms with Crippen LogP contribution >= 0.6 is 22.6 Å². The van der Waals surface area contributed by atoms with Crippen molar-refractivity contribution in [1.82, 2.24) is 10.2 Å². The zero-order chi connectivity index (χ0) is 9.10. The van der Waals surface area contributed by atoms with E-state index < -0.39 is 0 Å². The summed E-state index contributed by atoms with van der Waals surface area (Å²) in [6.45, 7) is 0. The molecular formula is C10H9IN2. The lowest BCUT2D eigenvalue weighted by atomic mass is 10.1. The molecule has 0 bridgehead atoms. The van der Waals surface area contributed by atoms with Crippen LogP contribution < -0.4 is 0 Å². The van der Waals surface area contributed by atoms with Crippen molar-refractivity contribution < 1.29 is 0 Å². The second-order valence-electron chi connectivity index (χ2n) is 2.79. The average Bonchev–Trinajstić information content (AvgIpc) is 2.71. The molecule has 0 amide bonds. The first kappa shape index (κ1) is 8.74. The van der Waals surface area contributed by atoms with Crippen LogP contribution in [0.2, 0.25) is 0 Å². The Hall–Kier alpha value is -0.840. The Kier molecular flexibility index (Phi) is 2.63. The number of aromatic amines is 1. The van der Waals surface area contributed by atoms with Gasteiger partial charge in [-0.1, -0.05) is 46.9 Å². The lowest BCUT2D eigenvalue weighted by Gasteiger charge is -1.97. The van der Waals surface area contributed by atoms with Gasteiger partial charge in [0.15, 0.2) is 0 Å². The van der Waals surface area contributed by atoms with Gasteiger partial charge >= 0.3 is 0 Å². The monoisotopic (exact) mass is 284 g/mol. The van der Waals surface area contributed by atoms with E-state index in [1.54, 1.807) is 0 Å². The maximum absolute atomic E-state index is 4.12. The number of rotatable bonds is 2. The summed E-state index contributed by atoms with van der Waals surface area (Å²) in [7, 11) is 0. The first-order chi connectivity index (χ1) is 6.40. The second kappa shape index (κ2) is 3.91. The van der Waals surface area contributed by atoms with Gasteiger partial charge in [-0.3, -0.25) is 5.10 Å². The third kappa shape index (κ3) is 1.91. The number of hydrogen-bond acceptors (Lipinski definition) is 1. The molecule has 0 fully saturated rings. The normalized spacial score (nSPS) is 10.2. The Balaban J connectivity index is 2.33. The fourth-order valence-corrected chi connectivity index (χ4v) is 1.69. The molecule has 1 aromatic heterocycles. The van der Waals surface area contributed by atoms with Gasteiger partial charge in [0.05, 0.1) is 5.69 Å². The summed E-state index contributed by atoms with van der Waals surface area (Å²) < 4.78 is 1.05. The first-order valence-electron chi connectivity index (χ1n) is 4.05. The number of nitrogens with zero attached hydrogens (tertiary/aromatic N) is 1. The summed E-state index contributed by atoms with van der Waals surface area (Å²) in [4.78, 5) is 0. The third-order valence-corrected chi connectivity index (χ3v) is 2.79. The van der Waals surface area contributed by atoms with Gasteiger partial charge in [0.25, 0.3) is 0 Å². The SMILES string of the molecule is ICc1ccc(-c2cc[nH]n2)cc1. The van der Waals surface area contributed by atoms with Gasteiger partial charge in [0.2, 0.25) is 0 Å². The van der Waals surface area contributed by atoms with Crippen LogP contribution in [0.1, 0.15) is 5.56 Å². The summed E-state index contributed by atoms with van der Waals surface area (Å²) in [5.74, 6) is 0. The maximum Gasteiger partial charge on any atom is 0.0920 e. The van der Waals surface area contributed by atoms with Crippen molar-refractivity contribution in [2.45, 2.75) is 4.43 Å². The van der Waals surface area contributed by atoms with Crippen molar-refractivity contribution in [2.24, 2.45) is 0 Å². The van der Waals surface area contributed by atoms with Crippen LogP contribution in [-0.2, 0) is 4.43 Å². The van der Waals surface area contributed by atoms with E-state index in [-0.39, 0.29) is 0 Å². The van der Waals surface area contributed by atoms with Gasteiger partial charge < -0.3 is 0 Å². The van der Waals surface area contributed by atoms with Crippen LogP contribution in [0.4, 0.5) is 0 Å². The average molecular weight is 284 g/mol. The van der Waals surface area contributed by atoms with Gasteiger partial charge in [-0.2, -0.15) is 5.10 Å². The minimum absolute atomic E-state index is 1.00. The van der Waals surface area contributed by atoms with Gasteiger partial charge in [0.1, 0.15) is 0 Å². The van der Waals surface area contributed by atoms with Gasteiger partial charge in [-0.05, 0) is 11.6 Å². The minimum atomic E-state index is 1.00. The molecule has 0 saturated carbocycles. The van der Waals surface area contributed by atoms with E-state index in [0.717, 1.165) is 15.7 Å². The zero-order valence-electron chi connectivity index (χ0n) is 7.00. The predicted octanol–water partition coefficient (Wildman–Crippen LogP) is 3.01. The summed E-state index contributed by atoms with van der Waals surface area (Å²) in [6, 6.07) is 10.4. The van der Waals surface area contributed by atoms with Crippen LogP contribution in [0.25, 0.3) is 11.3 Å². The van der Waals surface area contributed by atoms with E-state index in [9.17, 15) is 0 Å². The highest BCUT2D eigenvalue weighted by Gasteiger charge is 1.98. The largest absolute Gasteiger partial charge is 0.285 e. The summed E-state index contributed by atoms with van der Waals surface area (Å²) in [5.41, 5.74) is 3.51. The molecule has 2 aromatic rings. The Morgan fingerprint density at radius 1 is 1.15 bits per heavy atom. The Morgan fingerprint density at radius 2 is 1.92 bits per heavy atom. The second-order valence-corrected chi connectivity index (χ2v) is 3.55. The Morgan fingerprint density at radius 3 is 2.46 bits per heavy atom. The molecule has 0 radical (unpaired) electrons. The number of hydrogen-bond donors (Lipinski definition) is 1. The number of aromatic nitrogens is 2. The standard InChI is InChI=1S/C10H9IN2/c11-7-8-1-3-9(4-2-8)10-5-6-12-13-10/h1-6H,7H2,(H,12,13). The molecule has 2 nitrogen and oxygen atoms in total. The van der Waals surface area contributed by atoms with Gasteiger partial charge in [0, 0.05) is 16.2 Å². The van der Waals surface area contributed by atoms with Crippen LogP contribution in [0, 0.1) is 0 Å². The van der Waals surface area contributed by atoms with Crippen molar-refractivity contribution in [2.75, 3.05) is 0 Å². The van der Waals surface area contributed by atoms with Gasteiger partial charge in [-0.25, -0.2) is 0 Å². The van der Waals surface area contributed by atoms with Gasteiger partial charge in [-0.15, -0.1) is 0 Å². The maximum atomic E-state index is 4.12. The summed E-state index contributed by atoms with van der Waals surface area (Å²) >= 11 is 2.36. The molecule has 0 aliphatic rings. The molecule has 0 unspecified atom stereocenters. The summed E-state index contributed by atoms with van der Waals surface area (Å²) in [5, 5.41) is 6.92. The van der Waals surface area contributed by atoms with Crippen LogP contribution in [0.5, 0.6) is 0 Å². The topological polar surface area (TPSA) is 28.7 Å². The van der Waals surface area contributed by atoms with Crippen LogP contribution in [-0.4, -0.2) is 10.2 Å². The molecule has 2 rings (SSSR count). The van der Waals surface area contributed by atoms with E-state index in [2.05, 4.69) is 57.1 Å². The molecule has 1 N–H and O–H groups in total. The van der Waals surface area contributed by atoms with Crippen molar-refractivity contribution in [3.05, 3.63) is 42.1 Å². The number of nitrogens with one attached hydrogen (secondary N) is 1. The predicted molar refractivity (Wildman–Crippen MR) is 61.7 cm³/mol. The molecule has 0 spiro atoms. The first-order valence-corrected chi connectivity index (χ1v) is 5.58. The minimum Gasteiger partial charge on any atom is -0.285 e. The lowest BCUT2D eigenvalue weighted by Crippen LogP contribution is -1.80. The van der Waals surface area contributed by atoms with Crippen molar-refractivity contribution in [3.8, 4) is 11.3 Å². The van der Waals surface area contributed by atoms with Crippen molar-refractivity contribution in [1.29, 1.82) is 0 Å². The number of benzene rings is 1. The number of halogens is 1. The molecule has 3 heteroatoms. The van der Waals surface area contributed by atoms with E-state index in [1.165, 1.54) is 5.56 Å². The van der Waals surface area contributed by atoms with Crippen molar-refractivity contribution >= 4 is 22.6 Å². The van der Waals surface area contributed by atoms with Crippen LogP contribution in [0.15, 0.2) is 36.5 Å². The lowest BCUT2D eigenvalue weighted by molar-refractivity contribution is 1.09. The molecule has 13 heavy (non-hydrogen) atoms. The molecule has 1 heterocycles. The summed E-state index contributed by atoms with van der Waals surface area (Å²) in [6.07, 6.45) is 1.83. The molecule has 66 valence electrons. The molecule has 0 aliphatic heterocycles. The quantitative estimate of drug-likeness (QED) is 0.666. The highest BCUT2D eigenvalue weighted by molar-refractivity contribution is 14.1. The zero-order valence-corrected chi connectivity index (χ0v) is 9.15. The smallest absolute Gasteiger partial charge is 0.0920 e. The highest BCUT2D eigenvalue weighted by atomic mass is 127. The molecule has 1 aromatic carbocycles. The molecule has 0 saturated heterocycles. The molecule has 0 aliphatic carbocycles. The fourth-order valence-electron chi connectivity index (χ4n) is 1.19. The Bertz CT molecular complexity index is 364. The van der Waals surface area contributed by atoms with E-state index in [1.807, 2.05) is 12.3 Å². The highest BCUT2D eigenvalue weighted by Crippen LogP contribution is 2.17. The Labute approximate surface area is 90.5 Å². The molecular weight excluding hydrogens is 275 g/mol. The van der Waals surface area contributed by atoms with E-state index in [4.69, 9.17) is 0 Å². The van der Waals surface area contributed by atoms with E-state index in [0.29, 0.717) is 0 Å². The third-order valence-electron chi connectivity index (χ3n) is 1.90. The number of alkyl halides is 1. The number of H-pyrrole nitrogens is 1.